The van der Waals surface area contributed by atoms with Gasteiger partial charge in [0.2, 0.25) is 0 Å². The van der Waals surface area contributed by atoms with E-state index in [1.54, 1.807) is 25.1 Å². The monoisotopic (exact) mass is 442 g/mol. The Bertz CT molecular complexity index is 1120. The van der Waals surface area contributed by atoms with Crippen LogP contribution in [0.2, 0.25) is 0 Å². The second kappa shape index (κ2) is 8.04. The predicted molar refractivity (Wildman–Crippen MR) is 110 cm³/mol. The van der Waals surface area contributed by atoms with Gasteiger partial charge in [-0.1, -0.05) is 18.2 Å². The molecule has 0 aliphatic carbocycles. The van der Waals surface area contributed by atoms with Gasteiger partial charge in [0.25, 0.3) is 10.0 Å². The first-order chi connectivity index (χ1) is 13.5. The molecule has 3 rings (SSSR count). The van der Waals surface area contributed by atoms with Crippen molar-refractivity contribution in [1.29, 1.82) is 0 Å². The van der Waals surface area contributed by atoms with Crippen molar-refractivity contribution >= 4 is 32.7 Å². The average molecular weight is 443 g/mol. The molecule has 2 aromatic carbocycles. The van der Waals surface area contributed by atoms with Crippen LogP contribution in [0.1, 0.15) is 11.3 Å². The van der Waals surface area contributed by atoms with Gasteiger partial charge in [0, 0.05) is 28.3 Å². The number of fused-ring (bicyclic) bond motifs is 1. The van der Waals surface area contributed by atoms with E-state index in [-0.39, 0.29) is 10.4 Å². The van der Waals surface area contributed by atoms with Gasteiger partial charge in [-0.25, -0.2) is 12.4 Å². The van der Waals surface area contributed by atoms with Crippen LogP contribution in [-0.4, -0.2) is 43.7 Å². The summed E-state index contributed by atoms with van der Waals surface area (Å²) in [7, 11) is -0.151. The summed E-state index contributed by atoms with van der Waals surface area (Å²) >= 11 is 1.36. The van der Waals surface area contributed by atoms with E-state index in [4.69, 9.17) is 0 Å². The van der Waals surface area contributed by atoms with Crippen LogP contribution in [0.3, 0.4) is 0 Å². The Morgan fingerprint density at radius 3 is 2.31 bits per heavy atom. The van der Waals surface area contributed by atoms with Crippen molar-refractivity contribution in [3.63, 3.8) is 0 Å². The lowest BCUT2D eigenvalue weighted by molar-refractivity contribution is -0.137. The summed E-state index contributed by atoms with van der Waals surface area (Å²) < 4.78 is 67.5. The molecule has 0 amide bonds. The third-order valence-electron chi connectivity index (χ3n) is 4.49. The lowest BCUT2D eigenvalue weighted by Gasteiger charge is -2.11. The molecule has 0 saturated carbocycles. The first-order valence-corrected chi connectivity index (χ1v) is 11.3. The number of thioether (sulfide) groups is 1. The molecule has 0 saturated heterocycles. The Hall–Kier alpha value is -1.97. The number of aromatic nitrogens is 1. The maximum atomic E-state index is 13.3. The second-order valence-corrected chi connectivity index (χ2v) is 9.77. The highest BCUT2D eigenvalue weighted by Gasteiger charge is 2.32. The zero-order valence-corrected chi connectivity index (χ0v) is 17.8. The summed E-state index contributed by atoms with van der Waals surface area (Å²) in [6.45, 7) is 2.34. The number of benzene rings is 2. The molecule has 29 heavy (non-hydrogen) atoms. The zero-order chi connectivity index (χ0) is 21.4. The molecule has 0 unspecified atom stereocenters. The van der Waals surface area contributed by atoms with E-state index in [1.165, 1.54) is 30.0 Å². The van der Waals surface area contributed by atoms with Gasteiger partial charge in [-0.3, -0.25) is 0 Å². The van der Waals surface area contributed by atoms with Crippen LogP contribution in [0, 0.1) is 6.92 Å². The number of hydrogen-bond donors (Lipinski definition) is 0. The summed E-state index contributed by atoms with van der Waals surface area (Å²) in [4.78, 5) is 2.60. The summed E-state index contributed by atoms with van der Waals surface area (Å²) in [5, 5.41) is 0.292. The van der Waals surface area contributed by atoms with E-state index in [0.717, 1.165) is 16.1 Å². The van der Waals surface area contributed by atoms with E-state index >= 15 is 0 Å². The van der Waals surface area contributed by atoms with Crippen LogP contribution < -0.4 is 0 Å². The highest BCUT2D eigenvalue weighted by Crippen LogP contribution is 2.39. The fourth-order valence-corrected chi connectivity index (χ4v) is 5.98. The quantitative estimate of drug-likeness (QED) is 0.512. The Morgan fingerprint density at radius 2 is 1.72 bits per heavy atom. The molecule has 0 N–H and O–H groups in total. The average Bonchev–Trinajstić information content (AvgIpc) is 2.93. The molecule has 9 heteroatoms. The minimum Gasteiger partial charge on any atom is -0.309 e. The van der Waals surface area contributed by atoms with E-state index < -0.39 is 21.8 Å². The molecule has 1 heterocycles. The van der Waals surface area contributed by atoms with Gasteiger partial charge in [0.1, 0.15) is 0 Å². The van der Waals surface area contributed by atoms with Crippen molar-refractivity contribution < 1.29 is 21.6 Å². The molecule has 156 valence electrons. The van der Waals surface area contributed by atoms with Gasteiger partial charge in [-0.2, -0.15) is 13.2 Å². The molecule has 0 bridgehead atoms. The lowest BCUT2D eigenvalue weighted by Crippen LogP contribution is -2.15. The lowest BCUT2D eigenvalue weighted by atomic mass is 10.1. The zero-order valence-electron chi connectivity index (χ0n) is 16.2. The van der Waals surface area contributed by atoms with Crippen LogP contribution >= 0.6 is 11.8 Å². The molecule has 0 atom stereocenters. The van der Waals surface area contributed by atoms with Crippen molar-refractivity contribution in [3.8, 4) is 0 Å². The van der Waals surface area contributed by atoms with E-state index in [0.29, 0.717) is 28.3 Å². The van der Waals surface area contributed by atoms with E-state index in [9.17, 15) is 21.6 Å². The van der Waals surface area contributed by atoms with Crippen LogP contribution in [0.5, 0.6) is 0 Å². The first-order valence-electron chi connectivity index (χ1n) is 8.84. The largest absolute Gasteiger partial charge is 0.416 e. The molecule has 3 aromatic rings. The fourth-order valence-electron chi connectivity index (χ4n) is 3.06. The topological polar surface area (TPSA) is 42.3 Å². The molecule has 4 nitrogen and oxygen atoms in total. The van der Waals surface area contributed by atoms with Crippen molar-refractivity contribution in [2.45, 2.75) is 22.9 Å². The van der Waals surface area contributed by atoms with Crippen LogP contribution in [0.15, 0.2) is 58.3 Å². The normalized spacial score (nSPS) is 12.8. The summed E-state index contributed by atoms with van der Waals surface area (Å²) in [6.07, 6.45) is -4.51. The third kappa shape index (κ3) is 4.31. The van der Waals surface area contributed by atoms with Gasteiger partial charge in [0.15, 0.2) is 0 Å². The van der Waals surface area contributed by atoms with Gasteiger partial charge in [-0.15, -0.1) is 11.8 Å². The second-order valence-electron chi connectivity index (χ2n) is 6.88. The minimum atomic E-state index is -4.51. The highest BCUT2D eigenvalue weighted by atomic mass is 32.2. The SMILES string of the molecule is Cc1c(SCCN(C)C)c2cc(C(F)(F)F)ccc2n1S(=O)(=O)c1ccccc1. The summed E-state index contributed by atoms with van der Waals surface area (Å²) in [5.41, 5.74) is -0.146. The van der Waals surface area contributed by atoms with Crippen LogP contribution in [-0.2, 0) is 16.2 Å². The molecule has 0 radical (unpaired) electrons. The molecule has 0 aliphatic rings. The number of hydrogen-bond acceptors (Lipinski definition) is 4. The molecular formula is C20H21F3N2O2S2. The Kier molecular flexibility index (Phi) is 6.03. The van der Waals surface area contributed by atoms with Crippen molar-refractivity contribution in [1.82, 2.24) is 8.87 Å². The number of alkyl halides is 3. The van der Waals surface area contributed by atoms with Gasteiger partial charge in [0.05, 0.1) is 16.0 Å². The standard InChI is InChI=1S/C20H21F3N2O2S2/c1-14-19(28-12-11-24(2)3)17-13-15(20(21,22)23)9-10-18(17)25(14)29(26,27)16-7-5-4-6-8-16/h4-10,13H,11-12H2,1-3H3. The Morgan fingerprint density at radius 1 is 1.07 bits per heavy atom. The minimum absolute atomic E-state index is 0.0877. The summed E-state index contributed by atoms with van der Waals surface area (Å²) in [5.74, 6) is 0.620. The number of rotatable bonds is 6. The molecule has 1 aromatic heterocycles. The van der Waals surface area contributed by atoms with Gasteiger partial charge < -0.3 is 4.90 Å². The van der Waals surface area contributed by atoms with E-state index in [1.807, 2.05) is 19.0 Å². The molecular weight excluding hydrogens is 421 g/mol. The van der Waals surface area contributed by atoms with Gasteiger partial charge >= 0.3 is 6.18 Å². The van der Waals surface area contributed by atoms with Crippen LogP contribution in [0.4, 0.5) is 13.2 Å². The third-order valence-corrected chi connectivity index (χ3v) is 7.50. The molecule has 0 aliphatic heterocycles. The fraction of sp³-hybridized carbons (Fsp3) is 0.300. The van der Waals surface area contributed by atoms with E-state index in [2.05, 4.69) is 0 Å². The first kappa shape index (κ1) is 21.7. The summed E-state index contributed by atoms with van der Waals surface area (Å²) in [6, 6.07) is 11.1. The maximum Gasteiger partial charge on any atom is 0.416 e. The smallest absolute Gasteiger partial charge is 0.309 e. The Labute approximate surface area is 172 Å². The van der Waals surface area contributed by atoms with Crippen molar-refractivity contribution in [2.75, 3.05) is 26.4 Å². The maximum absolute atomic E-state index is 13.3. The van der Waals surface area contributed by atoms with Crippen molar-refractivity contribution in [3.05, 3.63) is 59.8 Å². The van der Waals surface area contributed by atoms with Crippen LogP contribution in [0.25, 0.3) is 10.9 Å². The van der Waals surface area contributed by atoms with Crippen molar-refractivity contribution in [2.24, 2.45) is 0 Å². The predicted octanol–water partition coefficient (Wildman–Crippen LogP) is 4.86. The number of nitrogens with zero attached hydrogens (tertiary/aromatic N) is 2. The number of halogens is 3. The molecule has 0 spiro atoms. The highest BCUT2D eigenvalue weighted by molar-refractivity contribution is 7.99. The van der Waals surface area contributed by atoms with Gasteiger partial charge in [-0.05, 0) is 51.4 Å². The Balaban J connectivity index is 2.24. The molecule has 0 fully saturated rings.